The van der Waals surface area contributed by atoms with Gasteiger partial charge in [0.25, 0.3) is 20.2 Å². The van der Waals surface area contributed by atoms with Crippen LogP contribution >= 0.6 is 0 Å². The minimum Gasteiger partial charge on any atom is -0.289 e. The van der Waals surface area contributed by atoms with Crippen LogP contribution in [-0.4, -0.2) is 86.8 Å². The molecule has 0 bridgehead atoms. The first kappa shape index (κ1) is 33.9. The Hall–Kier alpha value is -2.58. The largest absolute Gasteiger partial charge is 0.289 e. The van der Waals surface area contributed by atoms with Gasteiger partial charge in [-0.05, 0) is 37.1 Å². The molecule has 2 atom stereocenters. The van der Waals surface area contributed by atoms with Crippen LogP contribution in [0.1, 0.15) is 72.4 Å². The van der Waals surface area contributed by atoms with Gasteiger partial charge in [-0.1, -0.05) is 39.8 Å². The van der Waals surface area contributed by atoms with E-state index in [1.165, 1.54) is 27.7 Å². The summed E-state index contributed by atoms with van der Waals surface area (Å²) < 4.78 is 122. The third-order valence-corrected chi connectivity index (χ3v) is 13.6. The van der Waals surface area contributed by atoms with Gasteiger partial charge in [0.15, 0.2) is 22.3 Å². The topological polar surface area (TPSA) is 218 Å². The zero-order valence-electron chi connectivity index (χ0n) is 23.0. The van der Waals surface area contributed by atoms with Crippen molar-refractivity contribution in [3.8, 4) is 0 Å². The molecular weight excluding hydrogens is 637 g/mol. The molecule has 0 radical (unpaired) electrons. The molecule has 0 aromatic heterocycles. The fourth-order valence-corrected chi connectivity index (χ4v) is 11.4. The minimum absolute atomic E-state index is 0.288. The number of hydrogen-bond donors (Lipinski definition) is 2. The Morgan fingerprint density at radius 2 is 1.14 bits per heavy atom. The number of hydrogen-bond acceptors (Lipinski definition) is 10. The highest BCUT2D eigenvalue weighted by Crippen LogP contribution is 2.35. The second kappa shape index (κ2) is 11.8. The summed E-state index contributed by atoms with van der Waals surface area (Å²) in [7, 11) is -19.1. The lowest BCUT2D eigenvalue weighted by atomic mass is 9.84. The Labute approximate surface area is 244 Å². The standard InChI is InChI=1S/C24H30N2O12S4/c1-5-20(41(33,34)35)25(7-3)39(29,30)15-12-13-16-18(14-15)23(27)17-10-9-11-19(22(17)24(16)28)40(31,32)26(8-4)21(6-2)42(36,37)38/h9-14,20-21H,5-8H2,1-4H3,(H,33,34,35)(H,36,37,38). The zero-order chi connectivity index (χ0) is 32.0. The Bertz CT molecular complexity index is 1870. The van der Waals surface area contributed by atoms with Crippen LogP contribution < -0.4 is 0 Å². The van der Waals surface area contributed by atoms with Gasteiger partial charge in [0.2, 0.25) is 20.0 Å². The highest BCUT2D eigenvalue weighted by molar-refractivity contribution is 7.92. The van der Waals surface area contributed by atoms with E-state index in [1.54, 1.807) is 0 Å². The fourth-order valence-electron chi connectivity index (χ4n) is 4.96. The van der Waals surface area contributed by atoms with Crippen molar-refractivity contribution in [2.75, 3.05) is 13.1 Å². The van der Waals surface area contributed by atoms with Crippen LogP contribution in [0.5, 0.6) is 0 Å². The number of carbonyl (C=O) groups is 2. The second-order valence-electron chi connectivity index (χ2n) is 9.22. The summed E-state index contributed by atoms with van der Waals surface area (Å²) in [6.07, 6.45) is -0.608. The van der Waals surface area contributed by atoms with Gasteiger partial charge in [0.1, 0.15) is 0 Å². The van der Waals surface area contributed by atoms with Crippen molar-refractivity contribution in [2.45, 2.75) is 61.1 Å². The lowest BCUT2D eigenvalue weighted by Gasteiger charge is -2.29. The minimum atomic E-state index is -4.88. The van der Waals surface area contributed by atoms with Crippen molar-refractivity contribution in [1.29, 1.82) is 0 Å². The van der Waals surface area contributed by atoms with Crippen molar-refractivity contribution >= 4 is 51.8 Å². The Morgan fingerprint density at radius 3 is 1.60 bits per heavy atom. The molecule has 0 saturated heterocycles. The molecule has 2 unspecified atom stereocenters. The number of benzene rings is 2. The van der Waals surface area contributed by atoms with E-state index in [9.17, 15) is 52.4 Å². The smallest absolute Gasteiger partial charge is 0.282 e. The molecule has 1 aliphatic carbocycles. The SMILES string of the molecule is CCC(N(CC)S(=O)(=O)c1ccc2c(c1)C(=O)c1cccc(S(=O)(=O)N(CC)C(CC)S(=O)(=O)O)c1C2=O)S(=O)(=O)O. The first-order valence-corrected chi connectivity index (χ1v) is 18.5. The first-order valence-electron chi connectivity index (χ1n) is 12.6. The molecule has 2 aromatic rings. The van der Waals surface area contributed by atoms with Gasteiger partial charge in [-0.2, -0.15) is 25.4 Å². The molecule has 18 heteroatoms. The number of sulfonamides is 2. The van der Waals surface area contributed by atoms with Gasteiger partial charge >= 0.3 is 0 Å². The number of ketones is 2. The molecule has 232 valence electrons. The highest BCUT2D eigenvalue weighted by Gasteiger charge is 2.42. The lowest BCUT2D eigenvalue weighted by molar-refractivity contribution is 0.0976. The number of rotatable bonds is 12. The molecule has 14 nitrogen and oxygen atoms in total. The number of nitrogens with zero attached hydrogens (tertiary/aromatic N) is 2. The summed E-state index contributed by atoms with van der Waals surface area (Å²) in [6, 6.07) is 6.13. The van der Waals surface area contributed by atoms with Gasteiger partial charge in [0, 0.05) is 29.8 Å². The van der Waals surface area contributed by atoms with E-state index in [1.807, 2.05) is 0 Å². The van der Waals surface area contributed by atoms with E-state index in [0.717, 1.165) is 36.4 Å². The summed E-state index contributed by atoms with van der Waals surface area (Å²) in [5.41, 5.74) is -1.68. The molecule has 0 spiro atoms. The molecule has 0 aliphatic heterocycles. The van der Waals surface area contributed by atoms with Crippen LogP contribution in [0.15, 0.2) is 46.2 Å². The Kier molecular flexibility index (Phi) is 9.56. The zero-order valence-corrected chi connectivity index (χ0v) is 26.2. The van der Waals surface area contributed by atoms with Crippen molar-refractivity contribution < 1.29 is 52.4 Å². The lowest BCUT2D eigenvalue weighted by Crippen LogP contribution is -2.45. The Morgan fingerprint density at radius 1 is 0.643 bits per heavy atom. The summed E-state index contributed by atoms with van der Waals surface area (Å²) in [5, 5.41) is -3.68. The van der Waals surface area contributed by atoms with Crippen molar-refractivity contribution in [3.05, 3.63) is 58.7 Å². The fraction of sp³-hybridized carbons (Fsp3) is 0.417. The first-order chi connectivity index (χ1) is 19.3. The molecule has 0 amide bonds. The molecular formula is C24H30N2O12S4. The van der Waals surface area contributed by atoms with Gasteiger partial charge in [-0.15, -0.1) is 0 Å². The van der Waals surface area contributed by atoms with E-state index >= 15 is 0 Å². The molecule has 0 fully saturated rings. The average molecular weight is 667 g/mol. The van der Waals surface area contributed by atoms with E-state index < -0.39 is 95.6 Å². The summed E-state index contributed by atoms with van der Waals surface area (Å²) >= 11 is 0. The van der Waals surface area contributed by atoms with Crippen molar-refractivity contribution in [1.82, 2.24) is 8.61 Å². The van der Waals surface area contributed by atoms with E-state index in [4.69, 9.17) is 0 Å². The van der Waals surface area contributed by atoms with E-state index in [2.05, 4.69) is 0 Å². The molecule has 3 rings (SSSR count). The third-order valence-electron chi connectivity index (χ3n) is 6.82. The van der Waals surface area contributed by atoms with Crippen molar-refractivity contribution in [2.24, 2.45) is 0 Å². The van der Waals surface area contributed by atoms with Crippen LogP contribution in [0.25, 0.3) is 0 Å². The van der Waals surface area contributed by atoms with Crippen LogP contribution in [0.4, 0.5) is 0 Å². The molecule has 42 heavy (non-hydrogen) atoms. The van der Waals surface area contributed by atoms with Crippen LogP contribution in [0.2, 0.25) is 0 Å². The summed E-state index contributed by atoms with van der Waals surface area (Å²) in [4.78, 5) is 26.0. The molecule has 0 heterocycles. The predicted molar refractivity (Wildman–Crippen MR) is 150 cm³/mol. The van der Waals surface area contributed by atoms with E-state index in [-0.39, 0.29) is 24.9 Å². The monoisotopic (exact) mass is 666 g/mol. The van der Waals surface area contributed by atoms with Gasteiger partial charge < -0.3 is 0 Å². The number of carbonyl (C=O) groups excluding carboxylic acids is 2. The van der Waals surface area contributed by atoms with E-state index in [0.29, 0.717) is 8.61 Å². The average Bonchev–Trinajstić information content (AvgIpc) is 2.90. The predicted octanol–water partition coefficient (Wildman–Crippen LogP) is 1.73. The molecule has 2 aromatic carbocycles. The highest BCUT2D eigenvalue weighted by atomic mass is 32.2. The summed E-state index contributed by atoms with van der Waals surface area (Å²) in [5.74, 6) is -1.88. The second-order valence-corrected chi connectivity index (χ2v) is 16.1. The summed E-state index contributed by atoms with van der Waals surface area (Å²) in [6.45, 7) is 4.61. The molecule has 1 aliphatic rings. The van der Waals surface area contributed by atoms with Crippen LogP contribution in [0, 0.1) is 0 Å². The molecule has 0 saturated carbocycles. The quantitative estimate of drug-likeness (QED) is 0.264. The third kappa shape index (κ3) is 5.81. The van der Waals surface area contributed by atoms with Crippen LogP contribution in [-0.2, 0) is 40.3 Å². The van der Waals surface area contributed by atoms with Crippen molar-refractivity contribution in [3.63, 3.8) is 0 Å². The van der Waals surface area contributed by atoms with Crippen LogP contribution in [0.3, 0.4) is 0 Å². The maximum absolute atomic E-state index is 13.6. The maximum Gasteiger partial charge on any atom is 0.282 e. The maximum atomic E-state index is 13.6. The van der Waals surface area contributed by atoms with Gasteiger partial charge in [0.05, 0.1) is 15.4 Å². The number of fused-ring (bicyclic) bond motifs is 2. The Balaban J connectivity index is 2.21. The molecule has 2 N–H and O–H groups in total. The normalized spacial score (nSPS) is 15.9. The van der Waals surface area contributed by atoms with Gasteiger partial charge in [-0.3, -0.25) is 18.7 Å². The van der Waals surface area contributed by atoms with Gasteiger partial charge in [-0.25, -0.2) is 16.8 Å².